The summed E-state index contributed by atoms with van der Waals surface area (Å²) in [5.41, 5.74) is 0.739. The van der Waals surface area contributed by atoms with Crippen LogP contribution < -0.4 is 5.32 Å². The van der Waals surface area contributed by atoms with Crippen LogP contribution in [0.3, 0.4) is 0 Å². The highest BCUT2D eigenvalue weighted by molar-refractivity contribution is 9.10. The van der Waals surface area contributed by atoms with Crippen molar-refractivity contribution in [1.82, 2.24) is 19.1 Å². The van der Waals surface area contributed by atoms with Gasteiger partial charge in [0.15, 0.2) is 5.16 Å². The summed E-state index contributed by atoms with van der Waals surface area (Å²) in [7, 11) is -3.22. The summed E-state index contributed by atoms with van der Waals surface area (Å²) in [5.74, 6) is 0.924. The van der Waals surface area contributed by atoms with Crippen LogP contribution in [-0.2, 0) is 21.4 Å². The molecule has 1 aromatic heterocycles. The van der Waals surface area contributed by atoms with Crippen LogP contribution in [0, 0.1) is 0 Å². The average Bonchev–Trinajstić information content (AvgIpc) is 3.11. The van der Waals surface area contributed by atoms with E-state index in [-0.39, 0.29) is 17.6 Å². The maximum absolute atomic E-state index is 12.3. The van der Waals surface area contributed by atoms with E-state index < -0.39 is 10.0 Å². The normalized spacial score (nSPS) is 17.8. The Labute approximate surface area is 190 Å². The predicted octanol–water partition coefficient (Wildman–Crippen LogP) is 3.32. The van der Waals surface area contributed by atoms with E-state index in [0.29, 0.717) is 18.2 Å². The zero-order valence-corrected chi connectivity index (χ0v) is 20.3. The van der Waals surface area contributed by atoms with Crippen molar-refractivity contribution in [2.45, 2.75) is 43.8 Å². The van der Waals surface area contributed by atoms with Gasteiger partial charge >= 0.3 is 0 Å². The van der Waals surface area contributed by atoms with Gasteiger partial charge in [0.1, 0.15) is 5.82 Å². The van der Waals surface area contributed by atoms with Crippen molar-refractivity contribution in [3.8, 4) is 0 Å². The van der Waals surface area contributed by atoms with Gasteiger partial charge in [-0.25, -0.2) is 12.7 Å². The number of carbonyl (C=O) groups excluding carboxylic acids is 1. The van der Waals surface area contributed by atoms with Crippen molar-refractivity contribution in [2.24, 2.45) is 0 Å². The highest BCUT2D eigenvalue weighted by Gasteiger charge is 2.30. The zero-order valence-electron chi connectivity index (χ0n) is 17.0. The number of thioether (sulfide) groups is 1. The lowest BCUT2D eigenvalue weighted by atomic mass is 9.99. The fraction of sp³-hybridized carbons (Fsp3) is 0.526. The largest absolute Gasteiger partial charge is 0.325 e. The van der Waals surface area contributed by atoms with E-state index in [1.807, 2.05) is 28.8 Å². The molecule has 0 aliphatic carbocycles. The first-order valence-corrected chi connectivity index (χ1v) is 13.5. The van der Waals surface area contributed by atoms with Gasteiger partial charge in [0.2, 0.25) is 15.9 Å². The minimum Gasteiger partial charge on any atom is -0.325 e. The van der Waals surface area contributed by atoms with Gasteiger partial charge in [-0.2, -0.15) is 0 Å². The van der Waals surface area contributed by atoms with Gasteiger partial charge in [-0.3, -0.25) is 4.79 Å². The first-order valence-electron chi connectivity index (χ1n) is 9.84. The van der Waals surface area contributed by atoms with Crippen molar-refractivity contribution in [3.05, 3.63) is 34.6 Å². The quantitative estimate of drug-likeness (QED) is 0.541. The second-order valence-corrected chi connectivity index (χ2v) is 11.1. The molecule has 164 valence electrons. The van der Waals surface area contributed by atoms with E-state index in [0.717, 1.165) is 41.8 Å². The monoisotopic (exact) mass is 515 g/mol. The van der Waals surface area contributed by atoms with E-state index in [9.17, 15) is 13.2 Å². The number of halogens is 1. The van der Waals surface area contributed by atoms with Gasteiger partial charge < -0.3 is 9.88 Å². The van der Waals surface area contributed by atoms with Crippen molar-refractivity contribution in [1.29, 1.82) is 0 Å². The fourth-order valence-electron chi connectivity index (χ4n) is 3.46. The summed E-state index contributed by atoms with van der Waals surface area (Å²) in [6.45, 7) is 3.78. The highest BCUT2D eigenvalue weighted by atomic mass is 79.9. The number of sulfonamides is 1. The van der Waals surface area contributed by atoms with Gasteiger partial charge in [-0.05, 0) is 43.5 Å². The molecule has 30 heavy (non-hydrogen) atoms. The Morgan fingerprint density at radius 1 is 1.30 bits per heavy atom. The first-order chi connectivity index (χ1) is 14.3. The van der Waals surface area contributed by atoms with Crippen LogP contribution in [0.1, 0.15) is 37.9 Å². The molecule has 1 atom stereocenters. The maximum atomic E-state index is 12.3. The molecule has 3 rings (SSSR count). The number of hydrogen-bond donors (Lipinski definition) is 1. The Morgan fingerprint density at radius 3 is 2.70 bits per heavy atom. The van der Waals surface area contributed by atoms with Crippen LogP contribution in [0.4, 0.5) is 5.69 Å². The average molecular weight is 516 g/mol. The van der Waals surface area contributed by atoms with E-state index in [4.69, 9.17) is 0 Å². The first kappa shape index (κ1) is 23.2. The van der Waals surface area contributed by atoms with Crippen molar-refractivity contribution in [2.75, 3.05) is 30.4 Å². The minimum atomic E-state index is -3.22. The molecular weight excluding hydrogens is 490 g/mol. The Kier molecular flexibility index (Phi) is 7.94. The smallest absolute Gasteiger partial charge is 0.234 e. The third kappa shape index (κ3) is 6.05. The van der Waals surface area contributed by atoms with Crippen LogP contribution in [0.25, 0.3) is 0 Å². The number of benzene rings is 1. The molecule has 2 aromatic rings. The Balaban J connectivity index is 1.68. The molecule has 1 amide bonds. The number of carbonyl (C=O) groups is 1. The number of rotatable bonds is 8. The zero-order chi connectivity index (χ0) is 21.7. The molecule has 0 spiro atoms. The number of piperidine rings is 1. The van der Waals surface area contributed by atoms with Gasteiger partial charge in [0.05, 0.1) is 12.0 Å². The van der Waals surface area contributed by atoms with E-state index in [1.54, 1.807) is 0 Å². The Morgan fingerprint density at radius 2 is 2.03 bits per heavy atom. The molecule has 1 unspecified atom stereocenters. The van der Waals surface area contributed by atoms with Crippen molar-refractivity contribution >= 4 is 49.3 Å². The number of aromatic nitrogens is 3. The molecule has 0 saturated carbocycles. The molecular formula is C19H26BrN5O3S2. The number of amides is 1. The van der Waals surface area contributed by atoms with E-state index in [1.165, 1.54) is 22.3 Å². The molecule has 1 aliphatic rings. The second kappa shape index (κ2) is 10.3. The number of nitrogens with one attached hydrogen (secondary N) is 1. The molecule has 1 aliphatic heterocycles. The standard InChI is InChI=1S/C19H26BrN5O3S2/c1-3-10-25-18(14-5-4-11-24(12-14)30(2,27)28)22-23-19(25)29-13-17(26)21-16-8-6-15(20)7-9-16/h6-9,14H,3-5,10-13H2,1-2H3,(H,21,26). The molecule has 1 N–H and O–H groups in total. The second-order valence-electron chi connectivity index (χ2n) is 7.30. The summed E-state index contributed by atoms with van der Waals surface area (Å²) in [5, 5.41) is 12.3. The summed E-state index contributed by atoms with van der Waals surface area (Å²) in [4.78, 5) is 12.3. The minimum absolute atomic E-state index is 0.0125. The summed E-state index contributed by atoms with van der Waals surface area (Å²) >= 11 is 4.72. The van der Waals surface area contributed by atoms with Crippen molar-refractivity contribution < 1.29 is 13.2 Å². The number of anilines is 1. The summed E-state index contributed by atoms with van der Waals surface area (Å²) < 4.78 is 28.4. The molecule has 1 saturated heterocycles. The SMILES string of the molecule is CCCn1c(SCC(=O)Nc2ccc(Br)cc2)nnc1C1CCCN(S(C)(=O)=O)C1. The van der Waals surface area contributed by atoms with E-state index in [2.05, 4.69) is 38.4 Å². The summed E-state index contributed by atoms with van der Waals surface area (Å²) in [6.07, 6.45) is 3.82. The van der Waals surface area contributed by atoms with Gasteiger partial charge in [-0.15, -0.1) is 10.2 Å². The van der Waals surface area contributed by atoms with Crippen LogP contribution in [0.2, 0.25) is 0 Å². The lowest BCUT2D eigenvalue weighted by Crippen LogP contribution is -2.39. The lowest BCUT2D eigenvalue weighted by molar-refractivity contribution is -0.113. The van der Waals surface area contributed by atoms with Crippen molar-refractivity contribution in [3.63, 3.8) is 0 Å². The molecule has 0 bridgehead atoms. The molecule has 11 heteroatoms. The fourth-order valence-corrected chi connectivity index (χ4v) is 5.40. The van der Waals surface area contributed by atoms with Crippen LogP contribution in [-0.4, -0.2) is 58.5 Å². The predicted molar refractivity (Wildman–Crippen MR) is 122 cm³/mol. The maximum Gasteiger partial charge on any atom is 0.234 e. The number of hydrogen-bond acceptors (Lipinski definition) is 6. The topological polar surface area (TPSA) is 97.2 Å². The molecule has 1 aromatic carbocycles. The van der Waals surface area contributed by atoms with Crippen LogP contribution >= 0.6 is 27.7 Å². The van der Waals surface area contributed by atoms with Crippen LogP contribution in [0.5, 0.6) is 0 Å². The lowest BCUT2D eigenvalue weighted by Gasteiger charge is -2.30. The van der Waals surface area contributed by atoms with Gasteiger partial charge in [-0.1, -0.05) is 34.6 Å². The third-order valence-electron chi connectivity index (χ3n) is 4.87. The Hall–Kier alpha value is -1.43. The molecule has 1 fully saturated rings. The molecule has 8 nitrogen and oxygen atoms in total. The molecule has 2 heterocycles. The third-order valence-corrected chi connectivity index (χ3v) is 7.64. The number of nitrogens with zero attached hydrogens (tertiary/aromatic N) is 4. The Bertz CT molecular complexity index is 979. The van der Waals surface area contributed by atoms with E-state index >= 15 is 0 Å². The van der Waals surface area contributed by atoms with Gasteiger partial charge in [0.25, 0.3) is 0 Å². The summed E-state index contributed by atoms with van der Waals surface area (Å²) in [6, 6.07) is 7.41. The molecule has 0 radical (unpaired) electrons. The highest BCUT2D eigenvalue weighted by Crippen LogP contribution is 2.30. The van der Waals surface area contributed by atoms with Gasteiger partial charge in [0, 0.05) is 35.7 Å². The van der Waals surface area contributed by atoms with Crippen LogP contribution in [0.15, 0.2) is 33.9 Å².